The number of hydrogen-bond acceptors (Lipinski definition) is 1. The van der Waals surface area contributed by atoms with Gasteiger partial charge in [0.1, 0.15) is 0 Å². The third-order valence-electron chi connectivity index (χ3n) is 3.07. The van der Waals surface area contributed by atoms with E-state index in [4.69, 9.17) is 0 Å². The molecule has 1 aromatic rings. The summed E-state index contributed by atoms with van der Waals surface area (Å²) in [5, 5.41) is 6.75. The van der Waals surface area contributed by atoms with Crippen molar-refractivity contribution in [1.82, 2.24) is 10.6 Å². The zero-order valence-electron chi connectivity index (χ0n) is 11.3. The smallest absolute Gasteiger partial charge is 0.191 e. The minimum absolute atomic E-state index is 0. The molecule has 106 valence electrons. The van der Waals surface area contributed by atoms with Gasteiger partial charge in [0.25, 0.3) is 0 Å². The van der Waals surface area contributed by atoms with Gasteiger partial charge in [-0.3, -0.25) is 4.99 Å². The Morgan fingerprint density at radius 2 is 2.00 bits per heavy atom. The molecule has 2 unspecified atom stereocenters. The summed E-state index contributed by atoms with van der Waals surface area (Å²) in [6, 6.07) is 9.13. The van der Waals surface area contributed by atoms with Crippen LogP contribution < -0.4 is 10.6 Å². The van der Waals surface area contributed by atoms with Crippen molar-refractivity contribution in [2.24, 2.45) is 4.99 Å². The van der Waals surface area contributed by atoms with Gasteiger partial charge in [0.15, 0.2) is 5.96 Å². The summed E-state index contributed by atoms with van der Waals surface area (Å²) in [7, 11) is 0. The fourth-order valence-electron chi connectivity index (χ4n) is 2.09. The van der Waals surface area contributed by atoms with E-state index >= 15 is 0 Å². The van der Waals surface area contributed by atoms with Crippen LogP contribution in [0.4, 0.5) is 0 Å². The molecule has 0 spiro atoms. The van der Waals surface area contributed by atoms with E-state index in [1.54, 1.807) is 0 Å². The monoisotopic (exact) mass is 437 g/mol. The second-order valence-corrected chi connectivity index (χ2v) is 5.41. The Labute approximate surface area is 140 Å². The zero-order valence-corrected chi connectivity index (χ0v) is 15.2. The first kappa shape index (κ1) is 16.8. The van der Waals surface area contributed by atoms with E-state index in [1.165, 1.54) is 12.0 Å². The number of guanidine groups is 1. The Bertz CT molecular complexity index is 419. The van der Waals surface area contributed by atoms with Crippen molar-refractivity contribution in [3.63, 3.8) is 0 Å². The molecule has 5 heteroatoms. The second kappa shape index (κ2) is 8.09. The van der Waals surface area contributed by atoms with Crippen LogP contribution in [0.15, 0.2) is 33.7 Å². The average Bonchev–Trinajstić information content (AvgIpc) is 3.10. The van der Waals surface area contributed by atoms with Crippen LogP contribution in [-0.4, -0.2) is 25.1 Å². The number of nitrogens with zero attached hydrogens (tertiary/aromatic N) is 1. The Morgan fingerprint density at radius 3 is 2.58 bits per heavy atom. The number of rotatable bonds is 4. The lowest BCUT2D eigenvalue weighted by Crippen LogP contribution is -2.39. The maximum absolute atomic E-state index is 4.42. The van der Waals surface area contributed by atoms with Crippen LogP contribution in [0.25, 0.3) is 0 Å². The number of nitrogens with one attached hydrogen (secondary N) is 2. The number of benzene rings is 1. The molecule has 19 heavy (non-hydrogen) atoms. The fraction of sp³-hybridized carbons (Fsp3) is 0.500. The molecule has 2 N–H and O–H groups in total. The molecule has 0 saturated heterocycles. The third-order valence-corrected chi connectivity index (χ3v) is 3.60. The molecule has 0 amide bonds. The maximum Gasteiger partial charge on any atom is 0.191 e. The van der Waals surface area contributed by atoms with E-state index in [0.717, 1.165) is 23.5 Å². The van der Waals surface area contributed by atoms with Crippen LogP contribution in [0.1, 0.15) is 31.7 Å². The van der Waals surface area contributed by atoms with Crippen molar-refractivity contribution in [3.8, 4) is 0 Å². The first-order valence-electron chi connectivity index (χ1n) is 6.55. The molecule has 0 aromatic heterocycles. The van der Waals surface area contributed by atoms with Crippen molar-refractivity contribution >= 4 is 45.9 Å². The normalized spacial score (nSPS) is 21.5. The number of hydrogen-bond donors (Lipinski definition) is 2. The number of aliphatic imine (C=N–C) groups is 1. The molecule has 1 aromatic carbocycles. The van der Waals surface area contributed by atoms with Crippen LogP contribution in [0, 0.1) is 0 Å². The molecular weight excluding hydrogens is 417 g/mol. The Balaban J connectivity index is 0.00000180. The van der Waals surface area contributed by atoms with Crippen molar-refractivity contribution in [2.75, 3.05) is 13.1 Å². The summed E-state index contributed by atoms with van der Waals surface area (Å²) in [5.41, 5.74) is 1.41. The highest BCUT2D eigenvalue weighted by molar-refractivity contribution is 14.0. The topological polar surface area (TPSA) is 36.4 Å². The number of halogens is 2. The maximum atomic E-state index is 4.42. The van der Waals surface area contributed by atoms with Crippen molar-refractivity contribution in [1.29, 1.82) is 0 Å². The lowest BCUT2D eigenvalue weighted by atomic mass is 10.1. The van der Waals surface area contributed by atoms with Gasteiger partial charge in [-0.05, 0) is 38.0 Å². The lowest BCUT2D eigenvalue weighted by Gasteiger charge is -2.10. The third kappa shape index (κ3) is 4.95. The first-order chi connectivity index (χ1) is 8.74. The van der Waals surface area contributed by atoms with Crippen LogP contribution in [0.2, 0.25) is 0 Å². The second-order valence-electron chi connectivity index (χ2n) is 4.50. The van der Waals surface area contributed by atoms with E-state index in [9.17, 15) is 0 Å². The van der Waals surface area contributed by atoms with E-state index in [-0.39, 0.29) is 24.0 Å². The van der Waals surface area contributed by atoms with Crippen molar-refractivity contribution in [2.45, 2.75) is 32.2 Å². The summed E-state index contributed by atoms with van der Waals surface area (Å²) in [4.78, 5) is 4.42. The van der Waals surface area contributed by atoms with Gasteiger partial charge < -0.3 is 10.6 Å². The first-order valence-corrected chi connectivity index (χ1v) is 7.34. The molecule has 0 radical (unpaired) electrons. The van der Waals surface area contributed by atoms with Crippen LogP contribution in [0.5, 0.6) is 0 Å². The molecular formula is C14H21BrIN3. The molecule has 3 nitrogen and oxygen atoms in total. The van der Waals surface area contributed by atoms with Gasteiger partial charge in [-0.2, -0.15) is 0 Å². The van der Waals surface area contributed by atoms with Gasteiger partial charge in [0.05, 0.1) is 0 Å². The van der Waals surface area contributed by atoms with Crippen LogP contribution in [0.3, 0.4) is 0 Å². The molecule has 0 heterocycles. The van der Waals surface area contributed by atoms with E-state index < -0.39 is 0 Å². The molecule has 2 rings (SSSR count). The van der Waals surface area contributed by atoms with E-state index in [0.29, 0.717) is 12.0 Å². The van der Waals surface area contributed by atoms with Gasteiger partial charge in [-0.15, -0.1) is 24.0 Å². The summed E-state index contributed by atoms with van der Waals surface area (Å²) < 4.78 is 1.14. The Morgan fingerprint density at radius 1 is 1.32 bits per heavy atom. The van der Waals surface area contributed by atoms with Gasteiger partial charge in [0.2, 0.25) is 0 Å². The molecule has 1 aliphatic carbocycles. The summed E-state index contributed by atoms with van der Waals surface area (Å²) in [6.45, 7) is 5.86. The van der Waals surface area contributed by atoms with Gasteiger partial charge >= 0.3 is 0 Å². The van der Waals surface area contributed by atoms with Crippen LogP contribution in [-0.2, 0) is 0 Å². The highest BCUT2D eigenvalue weighted by atomic mass is 127. The molecule has 1 aliphatic rings. The molecule has 1 saturated carbocycles. The van der Waals surface area contributed by atoms with Gasteiger partial charge in [-0.1, -0.05) is 28.1 Å². The lowest BCUT2D eigenvalue weighted by molar-refractivity contribution is 0.799. The van der Waals surface area contributed by atoms with E-state index in [1.807, 2.05) is 0 Å². The molecule has 0 aliphatic heterocycles. The quantitative estimate of drug-likeness (QED) is 0.429. The summed E-state index contributed by atoms with van der Waals surface area (Å²) in [5.74, 6) is 1.56. The highest BCUT2D eigenvalue weighted by Gasteiger charge is 2.38. The molecule has 0 bridgehead atoms. The predicted molar refractivity (Wildman–Crippen MR) is 95.5 cm³/mol. The minimum Gasteiger partial charge on any atom is -0.357 e. The minimum atomic E-state index is 0. The van der Waals surface area contributed by atoms with E-state index in [2.05, 4.69) is 69.7 Å². The summed E-state index contributed by atoms with van der Waals surface area (Å²) in [6.07, 6.45) is 1.19. The average molecular weight is 438 g/mol. The Kier molecular flexibility index (Phi) is 7.13. The SMILES string of the molecule is CCN=C(NCC)NC1CC1c1ccc(Br)cc1.I. The highest BCUT2D eigenvalue weighted by Crippen LogP contribution is 2.40. The largest absolute Gasteiger partial charge is 0.357 e. The molecule has 2 atom stereocenters. The molecule has 1 fully saturated rings. The fourth-order valence-corrected chi connectivity index (χ4v) is 2.35. The summed E-state index contributed by atoms with van der Waals surface area (Å²) >= 11 is 3.47. The van der Waals surface area contributed by atoms with Crippen molar-refractivity contribution in [3.05, 3.63) is 34.3 Å². The Hall–Kier alpha value is -0.300. The van der Waals surface area contributed by atoms with Gasteiger partial charge in [0, 0.05) is 29.5 Å². The predicted octanol–water partition coefficient (Wildman–Crippen LogP) is 3.50. The standard InChI is InChI=1S/C14H20BrN3.HI/c1-3-16-14(17-4-2)18-13-9-12(13)10-5-7-11(15)8-6-10;/h5-8,12-13H,3-4,9H2,1-2H3,(H2,16,17,18);1H. The van der Waals surface area contributed by atoms with Gasteiger partial charge in [-0.25, -0.2) is 0 Å². The van der Waals surface area contributed by atoms with Crippen LogP contribution >= 0.6 is 39.9 Å². The zero-order chi connectivity index (χ0) is 13.0. The van der Waals surface area contributed by atoms with Crippen molar-refractivity contribution < 1.29 is 0 Å².